The third kappa shape index (κ3) is 14.7. The Bertz CT molecular complexity index is 497. The van der Waals surface area contributed by atoms with Gasteiger partial charge in [-0.15, -0.1) is 0 Å². The summed E-state index contributed by atoms with van der Waals surface area (Å²) in [6.07, 6.45) is 13.0. The highest BCUT2D eigenvalue weighted by Crippen LogP contribution is 2.29. The van der Waals surface area contributed by atoms with Gasteiger partial charge in [0.05, 0.1) is 0 Å². The van der Waals surface area contributed by atoms with Crippen molar-refractivity contribution in [2.24, 2.45) is 47.3 Å². The molecule has 3 heterocycles. The third-order valence-electron chi connectivity index (χ3n) is 9.47. The zero-order valence-corrected chi connectivity index (χ0v) is 26.5. The van der Waals surface area contributed by atoms with Gasteiger partial charge < -0.3 is 14.5 Å². The Morgan fingerprint density at radius 2 is 0.972 bits per heavy atom. The molecular formula is C33H68N2O. The maximum Gasteiger partial charge on any atom is 0.0497 e. The lowest BCUT2D eigenvalue weighted by atomic mass is 9.82. The quantitative estimate of drug-likeness (QED) is 0.378. The van der Waals surface area contributed by atoms with Crippen molar-refractivity contribution in [1.82, 2.24) is 9.80 Å². The minimum absolute atomic E-state index is 0.817. The van der Waals surface area contributed by atoms with Gasteiger partial charge in [0.1, 0.15) is 0 Å². The summed E-state index contributed by atoms with van der Waals surface area (Å²) in [5.74, 6) is 7.34. The lowest BCUT2D eigenvalue weighted by Gasteiger charge is -2.31. The smallest absolute Gasteiger partial charge is 0.0497 e. The number of hydrogen-bond acceptors (Lipinski definition) is 3. The normalized spacial score (nSPS) is 28.0. The summed E-state index contributed by atoms with van der Waals surface area (Å²) in [7, 11) is 4.44. The molecule has 1 saturated carbocycles. The first kappa shape index (κ1) is 33.9. The molecule has 0 aromatic rings. The highest BCUT2D eigenvalue weighted by atomic mass is 16.5. The summed E-state index contributed by atoms with van der Waals surface area (Å²) >= 11 is 0. The molecule has 3 heteroatoms. The van der Waals surface area contributed by atoms with E-state index in [1.165, 1.54) is 84.0 Å². The van der Waals surface area contributed by atoms with Crippen LogP contribution in [-0.2, 0) is 4.74 Å². The molecule has 0 spiro atoms. The van der Waals surface area contributed by atoms with Crippen LogP contribution in [0, 0.1) is 47.3 Å². The molecule has 4 aliphatic rings. The van der Waals surface area contributed by atoms with Crippen LogP contribution in [0.3, 0.4) is 0 Å². The molecule has 0 radical (unpaired) electrons. The first-order chi connectivity index (χ1) is 17.0. The summed E-state index contributed by atoms with van der Waals surface area (Å²) in [5.41, 5.74) is 0. The number of ether oxygens (including phenoxy) is 1. The molecule has 36 heavy (non-hydrogen) atoms. The van der Waals surface area contributed by atoms with E-state index in [4.69, 9.17) is 4.74 Å². The van der Waals surface area contributed by atoms with E-state index >= 15 is 0 Å². The topological polar surface area (TPSA) is 15.7 Å². The predicted octanol–water partition coefficient (Wildman–Crippen LogP) is 8.48. The van der Waals surface area contributed by atoms with Crippen molar-refractivity contribution in [3.8, 4) is 0 Å². The fraction of sp³-hybridized carbons (Fsp3) is 1.00. The van der Waals surface area contributed by atoms with Crippen molar-refractivity contribution in [2.45, 2.75) is 113 Å². The van der Waals surface area contributed by atoms with Crippen molar-refractivity contribution in [3.05, 3.63) is 0 Å². The summed E-state index contributed by atoms with van der Waals surface area (Å²) in [5, 5.41) is 0. The average molecular weight is 509 g/mol. The van der Waals surface area contributed by atoms with Crippen molar-refractivity contribution in [1.29, 1.82) is 0 Å². The van der Waals surface area contributed by atoms with Crippen molar-refractivity contribution in [2.75, 3.05) is 53.5 Å². The zero-order chi connectivity index (χ0) is 27.1. The van der Waals surface area contributed by atoms with E-state index in [-0.39, 0.29) is 0 Å². The molecular weight excluding hydrogens is 440 g/mol. The number of hydrogen-bond donors (Lipinski definition) is 0. The Morgan fingerprint density at radius 1 is 0.500 bits per heavy atom. The largest absolute Gasteiger partial charge is 0.381 e. The lowest BCUT2D eigenvalue weighted by molar-refractivity contribution is 0.173. The van der Waals surface area contributed by atoms with Crippen LogP contribution in [0.15, 0.2) is 0 Å². The molecule has 0 aromatic heterocycles. The minimum atomic E-state index is 0.817. The third-order valence-corrected chi connectivity index (χ3v) is 9.47. The summed E-state index contributed by atoms with van der Waals surface area (Å²) in [6.45, 7) is 25.8. The van der Waals surface area contributed by atoms with Crippen LogP contribution < -0.4 is 0 Å². The molecule has 0 aromatic carbocycles. The SMILES string of the molecule is CC(C)C1CCCCC1.CC(C)C1CCCN(C)C1.CC(C)C1CCN(C)C1.CC(C)C1CCOC1. The van der Waals surface area contributed by atoms with Crippen LogP contribution in [0.25, 0.3) is 0 Å². The van der Waals surface area contributed by atoms with Crippen LogP contribution in [0.4, 0.5) is 0 Å². The van der Waals surface area contributed by atoms with E-state index in [9.17, 15) is 0 Å². The summed E-state index contributed by atoms with van der Waals surface area (Å²) < 4.78 is 5.22. The number of likely N-dealkylation sites (tertiary alicyclic amines) is 2. The summed E-state index contributed by atoms with van der Waals surface area (Å²) in [6, 6.07) is 0. The number of rotatable bonds is 4. The Hall–Kier alpha value is -0.120. The maximum absolute atomic E-state index is 5.22. The van der Waals surface area contributed by atoms with Gasteiger partial charge in [0, 0.05) is 26.3 Å². The maximum atomic E-state index is 5.22. The molecule has 216 valence electrons. The van der Waals surface area contributed by atoms with Gasteiger partial charge in [-0.25, -0.2) is 0 Å². The highest BCUT2D eigenvalue weighted by Gasteiger charge is 2.22. The van der Waals surface area contributed by atoms with Crippen molar-refractivity contribution < 1.29 is 4.74 Å². The Kier molecular flexibility index (Phi) is 17.9. The van der Waals surface area contributed by atoms with Gasteiger partial charge in [-0.05, 0) is 100 Å². The molecule has 1 aliphatic carbocycles. The van der Waals surface area contributed by atoms with Crippen LogP contribution in [0.1, 0.15) is 113 Å². The highest BCUT2D eigenvalue weighted by molar-refractivity contribution is 4.75. The van der Waals surface area contributed by atoms with Crippen molar-refractivity contribution >= 4 is 0 Å². The predicted molar refractivity (Wildman–Crippen MR) is 161 cm³/mol. The van der Waals surface area contributed by atoms with Gasteiger partial charge in [-0.1, -0.05) is 87.5 Å². The van der Waals surface area contributed by atoms with Crippen LogP contribution in [-0.4, -0.2) is 63.3 Å². The number of piperidine rings is 1. The first-order valence-corrected chi connectivity index (χ1v) is 16.0. The second-order valence-electron chi connectivity index (χ2n) is 14.0. The van der Waals surface area contributed by atoms with E-state index in [1.807, 2.05) is 0 Å². The van der Waals surface area contributed by atoms with E-state index in [0.29, 0.717) is 0 Å². The van der Waals surface area contributed by atoms with E-state index in [0.717, 1.165) is 60.6 Å². The fourth-order valence-corrected chi connectivity index (χ4v) is 6.14. The van der Waals surface area contributed by atoms with Gasteiger partial charge in [0.2, 0.25) is 0 Å². The van der Waals surface area contributed by atoms with Gasteiger partial charge in [0.15, 0.2) is 0 Å². The van der Waals surface area contributed by atoms with E-state index in [2.05, 4.69) is 79.3 Å². The van der Waals surface area contributed by atoms with Crippen LogP contribution in [0.5, 0.6) is 0 Å². The molecule has 0 N–H and O–H groups in total. The summed E-state index contributed by atoms with van der Waals surface area (Å²) in [4.78, 5) is 4.87. The lowest BCUT2D eigenvalue weighted by Crippen LogP contribution is -2.34. The Balaban J connectivity index is 0.000000241. The fourth-order valence-electron chi connectivity index (χ4n) is 6.14. The van der Waals surface area contributed by atoms with Gasteiger partial charge in [0.25, 0.3) is 0 Å². The van der Waals surface area contributed by atoms with Crippen LogP contribution >= 0.6 is 0 Å². The minimum Gasteiger partial charge on any atom is -0.381 e. The zero-order valence-electron chi connectivity index (χ0n) is 26.5. The first-order valence-electron chi connectivity index (χ1n) is 16.0. The van der Waals surface area contributed by atoms with E-state index < -0.39 is 0 Å². The Labute approximate surface area is 228 Å². The molecule has 3 nitrogen and oxygen atoms in total. The average Bonchev–Trinajstić information content (AvgIpc) is 3.53. The van der Waals surface area contributed by atoms with Gasteiger partial charge in [-0.2, -0.15) is 0 Å². The van der Waals surface area contributed by atoms with Crippen LogP contribution in [0.2, 0.25) is 0 Å². The second-order valence-corrected chi connectivity index (χ2v) is 14.0. The molecule has 0 bridgehead atoms. The molecule has 3 saturated heterocycles. The second kappa shape index (κ2) is 19.0. The van der Waals surface area contributed by atoms with Crippen molar-refractivity contribution in [3.63, 3.8) is 0 Å². The Morgan fingerprint density at radius 3 is 1.28 bits per heavy atom. The molecule has 3 aliphatic heterocycles. The molecule has 4 fully saturated rings. The monoisotopic (exact) mass is 509 g/mol. The molecule has 0 amide bonds. The van der Waals surface area contributed by atoms with Gasteiger partial charge in [-0.3, -0.25) is 0 Å². The van der Waals surface area contributed by atoms with Gasteiger partial charge >= 0.3 is 0 Å². The molecule has 3 atom stereocenters. The molecule has 4 rings (SSSR count). The number of nitrogens with zero attached hydrogens (tertiary/aromatic N) is 2. The standard InChI is InChI=1S/C9H19N.C9H18.C8H17N.C7H14O/c1-8(2)9-5-4-6-10(3)7-9;1-8(2)9-6-4-3-5-7-9;1-7(2)8-4-5-9(3)6-8;1-6(2)7-3-4-8-5-7/h8-9H,4-7H2,1-3H3;8-9H,3-7H2,1-2H3;7-8H,4-6H2,1-3H3;6-7H,3-5H2,1-2H3. The molecule has 3 unspecified atom stereocenters. The van der Waals surface area contributed by atoms with E-state index in [1.54, 1.807) is 0 Å².